The Kier molecular flexibility index (Phi) is 8.77. The summed E-state index contributed by atoms with van der Waals surface area (Å²) in [6, 6.07) is 72.1. The van der Waals surface area contributed by atoms with Crippen molar-refractivity contribution < 1.29 is 4.42 Å². The number of nitrogens with zero attached hydrogens (tertiary/aromatic N) is 4. The van der Waals surface area contributed by atoms with E-state index in [1.807, 2.05) is 0 Å². The molecule has 16 rings (SSSR count). The standard InChI is InChI=1S/C65H48N4O/c1-2-11-43(12-3-1)47-14-10-15-48(34-47)63-66-62(46-23-28-51(29-24-46)69-58-19-8-6-17-53(58)54-18-7-9-20-59(54)69)67-64(68-63)57-36-49(35-56-55-30-25-45-13-4-5-16-52(45)60(55)70-61(56)57)44-21-26-50(27-22-44)65-37-40-31-41(38-65)33-42(32-40)39-65/h1-30,34-36,40-42H,31-33,37-39H2. The number of aromatic nitrogens is 4. The first-order valence-corrected chi connectivity index (χ1v) is 25.1. The lowest BCUT2D eigenvalue weighted by atomic mass is 9.48. The van der Waals surface area contributed by atoms with Crippen molar-refractivity contribution in [3.8, 4) is 62.1 Å². The van der Waals surface area contributed by atoms with Gasteiger partial charge in [-0.2, -0.15) is 0 Å². The van der Waals surface area contributed by atoms with E-state index in [4.69, 9.17) is 19.4 Å². The summed E-state index contributed by atoms with van der Waals surface area (Å²) in [5, 5.41) is 6.82. The fourth-order valence-electron chi connectivity index (χ4n) is 13.6. The normalized spacial score (nSPS) is 19.6. The number of hydrogen-bond donors (Lipinski definition) is 0. The maximum Gasteiger partial charge on any atom is 0.167 e. The van der Waals surface area contributed by atoms with E-state index in [-0.39, 0.29) is 0 Å². The molecule has 9 aromatic carbocycles. The number of furan rings is 1. The molecule has 0 saturated heterocycles. The van der Waals surface area contributed by atoms with Crippen LogP contribution in [0.4, 0.5) is 0 Å². The second kappa shape index (κ2) is 15.4. The van der Waals surface area contributed by atoms with Gasteiger partial charge in [0.15, 0.2) is 17.5 Å². The van der Waals surface area contributed by atoms with Crippen molar-refractivity contribution in [2.45, 2.75) is 43.9 Å². The second-order valence-corrected chi connectivity index (χ2v) is 20.6. The molecular formula is C65H48N4O. The van der Waals surface area contributed by atoms with Crippen LogP contribution in [-0.2, 0) is 5.41 Å². The fourth-order valence-corrected chi connectivity index (χ4v) is 13.6. The first-order valence-electron chi connectivity index (χ1n) is 25.1. The highest BCUT2D eigenvalue weighted by atomic mass is 16.3. The summed E-state index contributed by atoms with van der Waals surface area (Å²) >= 11 is 0. The smallest absolute Gasteiger partial charge is 0.167 e. The van der Waals surface area contributed by atoms with Crippen LogP contribution in [0.1, 0.15) is 44.1 Å². The Labute approximate surface area is 406 Å². The van der Waals surface area contributed by atoms with Crippen LogP contribution in [0.5, 0.6) is 0 Å². The maximum atomic E-state index is 7.09. The van der Waals surface area contributed by atoms with E-state index < -0.39 is 0 Å². The van der Waals surface area contributed by atoms with Gasteiger partial charge in [-0.05, 0) is 156 Å². The van der Waals surface area contributed by atoms with Gasteiger partial charge in [0.05, 0.1) is 16.6 Å². The maximum absolute atomic E-state index is 7.09. The molecule has 0 atom stereocenters. The summed E-state index contributed by atoms with van der Waals surface area (Å²) in [5.74, 6) is 4.46. The zero-order valence-corrected chi connectivity index (χ0v) is 38.7. The predicted molar refractivity (Wildman–Crippen MR) is 286 cm³/mol. The molecule has 5 heteroatoms. The Morgan fingerprint density at radius 3 is 1.67 bits per heavy atom. The Balaban J connectivity index is 0.920. The Morgan fingerprint density at radius 1 is 0.386 bits per heavy atom. The summed E-state index contributed by atoms with van der Waals surface area (Å²) in [7, 11) is 0. The molecule has 5 nitrogen and oxygen atoms in total. The number of benzene rings is 9. The number of fused-ring (bicyclic) bond motifs is 8. The summed E-state index contributed by atoms with van der Waals surface area (Å²) < 4.78 is 9.44. The first-order chi connectivity index (χ1) is 34.6. The van der Waals surface area contributed by atoms with E-state index in [2.05, 4.69) is 205 Å². The van der Waals surface area contributed by atoms with E-state index >= 15 is 0 Å². The van der Waals surface area contributed by atoms with Crippen LogP contribution < -0.4 is 0 Å². The van der Waals surface area contributed by atoms with Gasteiger partial charge in [0.2, 0.25) is 0 Å². The van der Waals surface area contributed by atoms with Crippen LogP contribution in [0.2, 0.25) is 0 Å². The molecule has 3 aromatic heterocycles. The number of rotatable bonds is 7. The van der Waals surface area contributed by atoms with Gasteiger partial charge in [-0.1, -0.05) is 140 Å². The molecule has 0 N–H and O–H groups in total. The van der Waals surface area contributed by atoms with Crippen LogP contribution >= 0.6 is 0 Å². The molecule has 0 unspecified atom stereocenters. The third-order valence-corrected chi connectivity index (χ3v) is 16.4. The van der Waals surface area contributed by atoms with Gasteiger partial charge >= 0.3 is 0 Å². The largest absolute Gasteiger partial charge is 0.455 e. The van der Waals surface area contributed by atoms with Gasteiger partial charge in [-0.3, -0.25) is 0 Å². The van der Waals surface area contributed by atoms with Gasteiger partial charge in [0, 0.05) is 43.7 Å². The zero-order chi connectivity index (χ0) is 45.9. The quantitative estimate of drug-likeness (QED) is 0.160. The lowest BCUT2D eigenvalue weighted by Gasteiger charge is -2.57. The third kappa shape index (κ3) is 6.34. The average Bonchev–Trinajstić information content (AvgIpc) is 3.97. The van der Waals surface area contributed by atoms with Crippen molar-refractivity contribution in [1.82, 2.24) is 19.5 Å². The lowest BCUT2D eigenvalue weighted by Crippen LogP contribution is -2.48. The Bertz CT molecular complexity index is 3940. The number of para-hydroxylation sites is 2. The van der Waals surface area contributed by atoms with Crippen molar-refractivity contribution in [2.24, 2.45) is 17.8 Å². The molecule has 3 heterocycles. The van der Waals surface area contributed by atoms with Crippen molar-refractivity contribution in [3.63, 3.8) is 0 Å². The SMILES string of the molecule is c1ccc(-c2cccc(-c3nc(-c4ccc(-n5c6ccccc6c6ccccc65)cc4)nc(-c4cc(-c5ccc(C67CC8CC(CC(C8)C6)C7)cc5)cc5c4oc4c6ccccc6ccc54)n3)c2)cc1. The minimum absolute atomic E-state index is 0.335. The van der Waals surface area contributed by atoms with Gasteiger partial charge in [-0.25, -0.2) is 15.0 Å². The molecular weight excluding hydrogens is 853 g/mol. The third-order valence-electron chi connectivity index (χ3n) is 16.4. The van der Waals surface area contributed by atoms with Crippen molar-refractivity contribution >= 4 is 54.5 Å². The summed E-state index contributed by atoms with van der Waals surface area (Å²) in [6.07, 6.45) is 8.39. The first kappa shape index (κ1) is 39.8. The molecule has 4 saturated carbocycles. The Morgan fingerprint density at radius 2 is 0.957 bits per heavy atom. The van der Waals surface area contributed by atoms with Gasteiger partial charge in [0.1, 0.15) is 11.2 Å². The fraction of sp³-hybridized carbons (Fsp3) is 0.154. The van der Waals surface area contributed by atoms with Crippen LogP contribution in [0.3, 0.4) is 0 Å². The average molecular weight is 901 g/mol. The molecule has 12 aromatic rings. The van der Waals surface area contributed by atoms with Crippen molar-refractivity contribution in [2.75, 3.05) is 0 Å². The zero-order valence-electron chi connectivity index (χ0n) is 38.7. The minimum atomic E-state index is 0.335. The topological polar surface area (TPSA) is 56.7 Å². The molecule has 0 spiro atoms. The van der Waals surface area contributed by atoms with Gasteiger partial charge in [0.25, 0.3) is 0 Å². The highest BCUT2D eigenvalue weighted by Crippen LogP contribution is 2.61. The molecule has 4 aliphatic rings. The molecule has 0 aliphatic heterocycles. The molecule has 70 heavy (non-hydrogen) atoms. The van der Waals surface area contributed by atoms with E-state index in [9.17, 15) is 0 Å². The van der Waals surface area contributed by atoms with Crippen LogP contribution in [0.15, 0.2) is 205 Å². The minimum Gasteiger partial charge on any atom is -0.455 e. The summed E-state index contributed by atoms with van der Waals surface area (Å²) in [5.41, 5.74) is 14.1. The summed E-state index contributed by atoms with van der Waals surface area (Å²) in [4.78, 5) is 16.1. The van der Waals surface area contributed by atoms with Gasteiger partial charge in [-0.15, -0.1) is 0 Å². The van der Waals surface area contributed by atoms with E-state index in [0.29, 0.717) is 22.9 Å². The molecule has 4 aliphatic carbocycles. The molecule has 334 valence electrons. The highest BCUT2D eigenvalue weighted by molar-refractivity contribution is 6.18. The van der Waals surface area contributed by atoms with Crippen molar-refractivity contribution in [3.05, 3.63) is 206 Å². The Hall–Kier alpha value is -8.15. The van der Waals surface area contributed by atoms with Crippen LogP contribution in [-0.4, -0.2) is 19.5 Å². The van der Waals surface area contributed by atoms with Crippen LogP contribution in [0, 0.1) is 17.8 Å². The molecule has 0 radical (unpaired) electrons. The molecule has 4 bridgehead atoms. The van der Waals surface area contributed by atoms with E-state index in [1.54, 1.807) is 0 Å². The predicted octanol–water partition coefficient (Wildman–Crippen LogP) is 16.8. The number of hydrogen-bond acceptors (Lipinski definition) is 4. The van der Waals surface area contributed by atoms with E-state index in [0.717, 1.165) is 89.5 Å². The molecule has 0 amide bonds. The van der Waals surface area contributed by atoms with Gasteiger partial charge < -0.3 is 8.98 Å². The van der Waals surface area contributed by atoms with Crippen LogP contribution in [0.25, 0.3) is 117 Å². The highest BCUT2D eigenvalue weighted by Gasteiger charge is 2.51. The summed E-state index contributed by atoms with van der Waals surface area (Å²) in [6.45, 7) is 0. The van der Waals surface area contributed by atoms with Crippen molar-refractivity contribution in [1.29, 1.82) is 0 Å². The monoisotopic (exact) mass is 900 g/mol. The molecule has 4 fully saturated rings. The second-order valence-electron chi connectivity index (χ2n) is 20.6. The van der Waals surface area contributed by atoms with E-state index in [1.165, 1.54) is 71.5 Å². The lowest BCUT2D eigenvalue weighted by molar-refractivity contribution is -0.00518.